The summed E-state index contributed by atoms with van der Waals surface area (Å²) in [5.74, 6) is -0.758. The summed E-state index contributed by atoms with van der Waals surface area (Å²) in [6, 6.07) is 0. The number of hydrogen-bond acceptors (Lipinski definition) is 2. The summed E-state index contributed by atoms with van der Waals surface area (Å²) >= 11 is 0. The van der Waals surface area contributed by atoms with Crippen LogP contribution in [0.3, 0.4) is 0 Å². The van der Waals surface area contributed by atoms with Crippen molar-refractivity contribution in [1.82, 2.24) is 0 Å². The predicted octanol–water partition coefficient (Wildman–Crippen LogP) is 1.19. The molecule has 0 bridgehead atoms. The number of carbonyl (C=O) groups is 1. The molecule has 66 valence electrons. The standard InChI is InChI=1S/C9H12O3/c1-2-9(8(10)11)4-3-6-7(5-9)12-6/h2,6-7H,1,3-5H2,(H,10,11). The summed E-state index contributed by atoms with van der Waals surface area (Å²) in [4.78, 5) is 10.9. The first-order valence-corrected chi connectivity index (χ1v) is 4.20. The molecule has 0 aromatic rings. The van der Waals surface area contributed by atoms with Crippen LogP contribution in [0.4, 0.5) is 0 Å². The molecule has 0 aromatic heterocycles. The summed E-state index contributed by atoms with van der Waals surface area (Å²) in [6.07, 6.45) is 4.24. The van der Waals surface area contributed by atoms with Crippen LogP contribution in [0.25, 0.3) is 0 Å². The Morgan fingerprint density at radius 3 is 2.92 bits per heavy atom. The first-order valence-electron chi connectivity index (χ1n) is 4.20. The highest BCUT2D eigenvalue weighted by Crippen LogP contribution is 2.47. The molecule has 12 heavy (non-hydrogen) atoms. The minimum Gasteiger partial charge on any atom is -0.481 e. The predicted molar refractivity (Wildman–Crippen MR) is 42.8 cm³/mol. The molecular weight excluding hydrogens is 156 g/mol. The number of fused-ring (bicyclic) bond motifs is 1. The van der Waals surface area contributed by atoms with Crippen molar-refractivity contribution in [2.24, 2.45) is 5.41 Å². The normalized spacial score (nSPS) is 44.7. The lowest BCUT2D eigenvalue weighted by atomic mass is 9.74. The van der Waals surface area contributed by atoms with Gasteiger partial charge in [0.05, 0.1) is 17.6 Å². The van der Waals surface area contributed by atoms with E-state index in [1.807, 2.05) is 0 Å². The third kappa shape index (κ3) is 0.966. The van der Waals surface area contributed by atoms with Gasteiger partial charge in [-0.05, 0) is 19.3 Å². The van der Waals surface area contributed by atoms with Crippen LogP contribution >= 0.6 is 0 Å². The molecule has 0 aromatic carbocycles. The molecule has 2 fully saturated rings. The number of rotatable bonds is 2. The van der Waals surface area contributed by atoms with E-state index in [1.165, 1.54) is 0 Å². The van der Waals surface area contributed by atoms with Crippen molar-refractivity contribution in [3.63, 3.8) is 0 Å². The highest BCUT2D eigenvalue weighted by Gasteiger charge is 2.52. The lowest BCUT2D eigenvalue weighted by molar-refractivity contribution is -0.147. The first kappa shape index (κ1) is 7.80. The molecule has 1 heterocycles. The van der Waals surface area contributed by atoms with Crippen LogP contribution in [0.15, 0.2) is 12.7 Å². The maximum Gasteiger partial charge on any atom is 0.313 e. The first-order chi connectivity index (χ1) is 5.68. The van der Waals surface area contributed by atoms with Gasteiger partial charge in [0.25, 0.3) is 0 Å². The number of epoxide rings is 1. The lowest BCUT2D eigenvalue weighted by Gasteiger charge is -2.27. The van der Waals surface area contributed by atoms with Crippen molar-refractivity contribution in [3.8, 4) is 0 Å². The van der Waals surface area contributed by atoms with Gasteiger partial charge in [0.15, 0.2) is 0 Å². The molecule has 3 atom stereocenters. The van der Waals surface area contributed by atoms with Gasteiger partial charge < -0.3 is 9.84 Å². The molecule has 0 amide bonds. The van der Waals surface area contributed by atoms with E-state index in [9.17, 15) is 4.79 Å². The molecule has 1 aliphatic carbocycles. The zero-order valence-electron chi connectivity index (χ0n) is 6.82. The van der Waals surface area contributed by atoms with E-state index < -0.39 is 11.4 Å². The maximum atomic E-state index is 10.9. The number of carboxylic acids is 1. The minimum atomic E-state index is -0.758. The van der Waals surface area contributed by atoms with Crippen LogP contribution in [0.5, 0.6) is 0 Å². The summed E-state index contributed by atoms with van der Waals surface area (Å²) in [5, 5.41) is 9.00. The van der Waals surface area contributed by atoms with Crippen molar-refractivity contribution in [2.75, 3.05) is 0 Å². The monoisotopic (exact) mass is 168 g/mol. The average Bonchev–Trinajstić information content (AvgIpc) is 2.80. The molecule has 1 N–H and O–H groups in total. The molecule has 1 saturated carbocycles. The van der Waals surface area contributed by atoms with Gasteiger partial charge in [-0.1, -0.05) is 6.08 Å². The molecule has 2 rings (SSSR count). The fourth-order valence-corrected chi connectivity index (χ4v) is 1.94. The van der Waals surface area contributed by atoms with Crippen molar-refractivity contribution in [1.29, 1.82) is 0 Å². The molecule has 1 saturated heterocycles. The SMILES string of the molecule is C=CC1(C(=O)O)CCC2OC2C1. The smallest absolute Gasteiger partial charge is 0.313 e. The zero-order chi connectivity index (χ0) is 8.77. The van der Waals surface area contributed by atoms with E-state index in [2.05, 4.69) is 6.58 Å². The van der Waals surface area contributed by atoms with Gasteiger partial charge in [0.1, 0.15) is 0 Å². The fourth-order valence-electron chi connectivity index (χ4n) is 1.94. The Bertz CT molecular complexity index is 236. The largest absolute Gasteiger partial charge is 0.481 e. The van der Waals surface area contributed by atoms with Crippen LogP contribution in [-0.4, -0.2) is 23.3 Å². The second-order valence-corrected chi connectivity index (χ2v) is 3.62. The van der Waals surface area contributed by atoms with Gasteiger partial charge in [0, 0.05) is 0 Å². The van der Waals surface area contributed by atoms with E-state index in [0.29, 0.717) is 18.9 Å². The Kier molecular flexibility index (Phi) is 1.51. The summed E-state index contributed by atoms with van der Waals surface area (Å²) in [6.45, 7) is 3.59. The molecule has 3 unspecified atom stereocenters. The third-order valence-electron chi connectivity index (χ3n) is 2.94. The van der Waals surface area contributed by atoms with Gasteiger partial charge in [-0.25, -0.2) is 0 Å². The van der Waals surface area contributed by atoms with Crippen molar-refractivity contribution < 1.29 is 14.6 Å². The summed E-state index contributed by atoms with van der Waals surface area (Å²) < 4.78 is 5.27. The summed E-state index contributed by atoms with van der Waals surface area (Å²) in [7, 11) is 0. The molecule has 2 aliphatic rings. The Morgan fingerprint density at radius 2 is 2.42 bits per heavy atom. The van der Waals surface area contributed by atoms with E-state index in [1.54, 1.807) is 6.08 Å². The molecule has 1 aliphatic heterocycles. The van der Waals surface area contributed by atoms with Gasteiger partial charge in [0.2, 0.25) is 0 Å². The van der Waals surface area contributed by atoms with Gasteiger partial charge >= 0.3 is 5.97 Å². The Balaban J connectivity index is 2.16. The van der Waals surface area contributed by atoms with E-state index in [4.69, 9.17) is 9.84 Å². The molecule has 3 heteroatoms. The van der Waals surface area contributed by atoms with E-state index in [0.717, 1.165) is 6.42 Å². The topological polar surface area (TPSA) is 49.8 Å². The fraction of sp³-hybridized carbons (Fsp3) is 0.667. The Morgan fingerprint density at radius 1 is 1.67 bits per heavy atom. The van der Waals surface area contributed by atoms with Crippen molar-refractivity contribution in [3.05, 3.63) is 12.7 Å². The summed E-state index contributed by atoms with van der Waals surface area (Å²) in [5.41, 5.74) is -0.711. The van der Waals surface area contributed by atoms with Crippen LogP contribution in [0.1, 0.15) is 19.3 Å². The number of carboxylic acid groups (broad SMARTS) is 1. The van der Waals surface area contributed by atoms with Crippen LogP contribution in [-0.2, 0) is 9.53 Å². The lowest BCUT2D eigenvalue weighted by Crippen LogP contribution is -2.33. The number of hydrogen-bond donors (Lipinski definition) is 1. The van der Waals surface area contributed by atoms with E-state index >= 15 is 0 Å². The molecule has 3 nitrogen and oxygen atoms in total. The third-order valence-corrected chi connectivity index (χ3v) is 2.94. The Labute approximate surface area is 71.0 Å². The number of ether oxygens (including phenoxy) is 1. The van der Waals surface area contributed by atoms with Crippen molar-refractivity contribution in [2.45, 2.75) is 31.5 Å². The minimum absolute atomic E-state index is 0.188. The van der Waals surface area contributed by atoms with Gasteiger partial charge in [-0.15, -0.1) is 6.58 Å². The average molecular weight is 168 g/mol. The van der Waals surface area contributed by atoms with Crippen LogP contribution in [0, 0.1) is 5.41 Å². The maximum absolute atomic E-state index is 10.9. The second kappa shape index (κ2) is 2.33. The molecular formula is C9H12O3. The van der Waals surface area contributed by atoms with Crippen LogP contribution in [0.2, 0.25) is 0 Å². The highest BCUT2D eigenvalue weighted by molar-refractivity contribution is 5.77. The van der Waals surface area contributed by atoms with Crippen LogP contribution < -0.4 is 0 Å². The zero-order valence-corrected chi connectivity index (χ0v) is 6.82. The Hall–Kier alpha value is -0.830. The van der Waals surface area contributed by atoms with E-state index in [-0.39, 0.29) is 6.10 Å². The highest BCUT2D eigenvalue weighted by atomic mass is 16.6. The van der Waals surface area contributed by atoms with Crippen molar-refractivity contribution >= 4 is 5.97 Å². The molecule has 0 spiro atoms. The van der Waals surface area contributed by atoms with Gasteiger partial charge in [-0.3, -0.25) is 4.79 Å². The quantitative estimate of drug-likeness (QED) is 0.497. The second-order valence-electron chi connectivity index (χ2n) is 3.62. The number of aliphatic carboxylic acids is 1. The molecule has 0 radical (unpaired) electrons. The van der Waals surface area contributed by atoms with Gasteiger partial charge in [-0.2, -0.15) is 0 Å².